The minimum atomic E-state index is -4.55. The van der Waals surface area contributed by atoms with Crippen LogP contribution in [0.25, 0.3) is 0 Å². The van der Waals surface area contributed by atoms with Gasteiger partial charge in [0, 0.05) is 11.3 Å². The van der Waals surface area contributed by atoms with Crippen molar-refractivity contribution >= 4 is 24.0 Å². The van der Waals surface area contributed by atoms with Gasteiger partial charge in [0.05, 0.1) is 0 Å². The van der Waals surface area contributed by atoms with E-state index in [2.05, 4.69) is 31.1 Å². The van der Waals surface area contributed by atoms with Crippen molar-refractivity contribution in [2.45, 2.75) is 25.4 Å². The first-order valence-corrected chi connectivity index (χ1v) is 10.5. The Labute approximate surface area is 108 Å². The summed E-state index contributed by atoms with van der Waals surface area (Å²) in [4.78, 5) is 0. The summed E-state index contributed by atoms with van der Waals surface area (Å²) in [6, 6.07) is 4.65. The molecule has 0 unspecified atom stereocenters. The molecule has 1 rings (SSSR count). The first kappa shape index (κ1) is 14.7. The number of hydrogen-bond donors (Lipinski definition) is 1. The average Bonchev–Trinajstić information content (AvgIpc) is 2.09. The second-order valence-corrected chi connectivity index (χ2v) is 11.3. The van der Waals surface area contributed by atoms with Crippen LogP contribution in [0.2, 0.25) is 19.6 Å². The summed E-state index contributed by atoms with van der Waals surface area (Å²) in [5, 5.41) is 0. The largest absolute Gasteiger partial charge is 0.399 e. The molecule has 0 fully saturated rings. The molecular formula is C12H16FNO2SSi. The van der Waals surface area contributed by atoms with Gasteiger partial charge in [-0.15, -0.1) is 9.43 Å². The van der Waals surface area contributed by atoms with Crippen molar-refractivity contribution < 1.29 is 12.3 Å². The Morgan fingerprint density at radius 1 is 1.28 bits per heavy atom. The van der Waals surface area contributed by atoms with E-state index in [0.29, 0.717) is 16.8 Å². The van der Waals surface area contributed by atoms with E-state index in [0.717, 1.165) is 0 Å². The summed E-state index contributed by atoms with van der Waals surface area (Å²) in [6.07, 6.45) is 0. The van der Waals surface area contributed by atoms with E-state index in [9.17, 15) is 12.3 Å². The van der Waals surface area contributed by atoms with Crippen molar-refractivity contribution in [1.29, 1.82) is 0 Å². The van der Waals surface area contributed by atoms with E-state index in [-0.39, 0.29) is 0 Å². The first-order valence-electron chi connectivity index (χ1n) is 5.40. The fraction of sp³-hybridized carbons (Fsp3) is 0.333. The zero-order chi connectivity index (χ0) is 14.0. The van der Waals surface area contributed by atoms with Crippen molar-refractivity contribution in [1.82, 2.24) is 0 Å². The molecule has 6 heteroatoms. The van der Waals surface area contributed by atoms with E-state index in [1.165, 1.54) is 6.07 Å². The highest BCUT2D eigenvalue weighted by molar-refractivity contribution is 7.85. The van der Waals surface area contributed by atoms with Crippen molar-refractivity contribution in [3.05, 3.63) is 29.3 Å². The molecule has 2 N–H and O–H groups in total. The highest BCUT2D eigenvalue weighted by Gasteiger charge is 2.11. The molecule has 1 aromatic rings. The van der Waals surface area contributed by atoms with Gasteiger partial charge >= 0.3 is 10.2 Å². The van der Waals surface area contributed by atoms with Crippen molar-refractivity contribution in [2.75, 3.05) is 5.73 Å². The molecule has 0 atom stereocenters. The molecule has 0 amide bonds. The number of benzene rings is 1. The maximum atomic E-state index is 12.6. The lowest BCUT2D eigenvalue weighted by Gasteiger charge is -2.05. The molecule has 0 spiro atoms. The quantitative estimate of drug-likeness (QED) is 0.392. The molecule has 0 radical (unpaired) electrons. The minimum Gasteiger partial charge on any atom is -0.399 e. The zero-order valence-corrected chi connectivity index (χ0v) is 12.4. The Hall–Kier alpha value is -1.32. The van der Waals surface area contributed by atoms with Gasteiger partial charge in [0.25, 0.3) is 0 Å². The molecule has 0 aromatic heterocycles. The van der Waals surface area contributed by atoms with Crippen LogP contribution < -0.4 is 5.73 Å². The van der Waals surface area contributed by atoms with Crippen LogP contribution in [-0.2, 0) is 16.0 Å². The summed E-state index contributed by atoms with van der Waals surface area (Å²) < 4.78 is 33.8. The zero-order valence-electron chi connectivity index (χ0n) is 10.6. The van der Waals surface area contributed by atoms with Crippen LogP contribution in [0.3, 0.4) is 0 Å². The standard InChI is InChI=1S/C12H16FNO2SSi/c1-18(2,3)5-4-10-6-11(8-12(14)7-10)9-17(13,15)16/h6-8H,9,14H2,1-3H3. The number of anilines is 1. The first-order chi connectivity index (χ1) is 8.05. The number of nitrogen functional groups attached to an aromatic ring is 1. The Kier molecular flexibility index (Phi) is 4.19. The number of hydrogen-bond acceptors (Lipinski definition) is 3. The second kappa shape index (κ2) is 5.12. The van der Waals surface area contributed by atoms with Crippen LogP contribution in [0.15, 0.2) is 18.2 Å². The molecule has 18 heavy (non-hydrogen) atoms. The summed E-state index contributed by atoms with van der Waals surface area (Å²) in [6.45, 7) is 6.29. The number of halogens is 1. The van der Waals surface area contributed by atoms with Crippen LogP contribution in [-0.4, -0.2) is 16.5 Å². The molecule has 1 aromatic carbocycles. The Balaban J connectivity index is 3.12. The van der Waals surface area contributed by atoms with Gasteiger partial charge in [-0.25, -0.2) is 0 Å². The van der Waals surface area contributed by atoms with Gasteiger partial charge in [0.15, 0.2) is 0 Å². The third kappa shape index (κ3) is 5.84. The maximum Gasteiger partial charge on any atom is 0.306 e. The summed E-state index contributed by atoms with van der Waals surface area (Å²) in [5.41, 5.74) is 10.1. The lowest BCUT2D eigenvalue weighted by molar-refractivity contribution is 0.551. The van der Waals surface area contributed by atoms with Crippen LogP contribution in [0, 0.1) is 11.5 Å². The molecule has 98 valence electrons. The van der Waals surface area contributed by atoms with Gasteiger partial charge in [-0.2, -0.15) is 8.42 Å². The van der Waals surface area contributed by atoms with Gasteiger partial charge in [0.1, 0.15) is 13.8 Å². The van der Waals surface area contributed by atoms with E-state index in [1.807, 2.05) is 0 Å². The van der Waals surface area contributed by atoms with Gasteiger partial charge < -0.3 is 5.73 Å². The predicted octanol–water partition coefficient (Wildman–Crippen LogP) is 2.30. The predicted molar refractivity (Wildman–Crippen MR) is 74.8 cm³/mol. The molecule has 0 aliphatic carbocycles. The van der Waals surface area contributed by atoms with Gasteiger partial charge in [-0.05, 0) is 23.8 Å². The number of rotatable bonds is 2. The Morgan fingerprint density at radius 2 is 1.89 bits per heavy atom. The molecule has 0 saturated carbocycles. The van der Waals surface area contributed by atoms with E-state index >= 15 is 0 Å². The number of nitrogens with two attached hydrogens (primary N) is 1. The van der Waals surface area contributed by atoms with Crippen LogP contribution in [0.4, 0.5) is 9.57 Å². The van der Waals surface area contributed by atoms with Crippen molar-refractivity contribution in [3.8, 4) is 11.5 Å². The molecule has 0 saturated heterocycles. The molecule has 0 heterocycles. The molecule has 0 aliphatic heterocycles. The third-order valence-electron chi connectivity index (χ3n) is 1.94. The van der Waals surface area contributed by atoms with Gasteiger partial charge in [0.2, 0.25) is 0 Å². The SMILES string of the molecule is C[Si](C)(C)C#Cc1cc(N)cc(CS(=O)(=O)F)c1. The lowest BCUT2D eigenvalue weighted by Crippen LogP contribution is -2.16. The van der Waals surface area contributed by atoms with Gasteiger partial charge in [-0.1, -0.05) is 25.6 Å². The third-order valence-corrected chi connectivity index (χ3v) is 3.49. The lowest BCUT2D eigenvalue weighted by atomic mass is 10.1. The van der Waals surface area contributed by atoms with Crippen LogP contribution in [0.5, 0.6) is 0 Å². The normalized spacial score (nSPS) is 11.8. The monoisotopic (exact) mass is 285 g/mol. The minimum absolute atomic E-state index is 0.317. The smallest absolute Gasteiger partial charge is 0.306 e. The average molecular weight is 285 g/mol. The molecule has 0 aliphatic rings. The van der Waals surface area contributed by atoms with E-state index < -0.39 is 24.0 Å². The Morgan fingerprint density at radius 3 is 2.39 bits per heavy atom. The second-order valence-electron chi connectivity index (χ2n) is 5.15. The van der Waals surface area contributed by atoms with E-state index in [1.54, 1.807) is 12.1 Å². The fourth-order valence-corrected chi connectivity index (χ4v) is 2.42. The van der Waals surface area contributed by atoms with Crippen LogP contribution >= 0.6 is 0 Å². The van der Waals surface area contributed by atoms with Crippen molar-refractivity contribution in [3.63, 3.8) is 0 Å². The molecule has 3 nitrogen and oxygen atoms in total. The fourth-order valence-electron chi connectivity index (χ4n) is 1.33. The van der Waals surface area contributed by atoms with Crippen LogP contribution in [0.1, 0.15) is 11.1 Å². The highest BCUT2D eigenvalue weighted by atomic mass is 32.3. The summed E-state index contributed by atoms with van der Waals surface area (Å²) in [7, 11) is -6.06. The van der Waals surface area contributed by atoms with Gasteiger partial charge in [-0.3, -0.25) is 0 Å². The molecular weight excluding hydrogens is 269 g/mol. The Bertz CT molecular complexity index is 609. The van der Waals surface area contributed by atoms with E-state index in [4.69, 9.17) is 5.73 Å². The summed E-state index contributed by atoms with van der Waals surface area (Å²) in [5.74, 6) is 2.30. The highest BCUT2D eigenvalue weighted by Crippen LogP contribution is 2.15. The maximum absolute atomic E-state index is 12.6. The van der Waals surface area contributed by atoms with Crippen molar-refractivity contribution in [2.24, 2.45) is 0 Å². The summed E-state index contributed by atoms with van der Waals surface area (Å²) >= 11 is 0. The molecule has 0 bridgehead atoms. The topological polar surface area (TPSA) is 60.2 Å².